The highest BCUT2D eigenvalue weighted by Gasteiger charge is 2.19. The molecule has 0 aliphatic heterocycles. The van der Waals surface area contributed by atoms with Gasteiger partial charge in [0, 0.05) is 19.3 Å². The van der Waals surface area contributed by atoms with Crippen molar-refractivity contribution >= 4 is 17.9 Å². The largest absolute Gasteiger partial charge is 0.462 e. The SMILES string of the molecule is CC/C=C\C/C=C\CCCCC(=O)OCC(COC(=O)CCCCCCCCCCCCCCCCC)OC(=O)CCCCCCCCCCCCCCC. The van der Waals surface area contributed by atoms with Crippen LogP contribution in [0, 0.1) is 0 Å². The van der Waals surface area contributed by atoms with Crippen molar-refractivity contribution in [2.45, 2.75) is 258 Å². The first kappa shape index (κ1) is 52.9. The Morgan fingerprint density at radius 1 is 0.382 bits per heavy atom. The molecule has 0 aromatic heterocycles. The van der Waals surface area contributed by atoms with Crippen LogP contribution in [0.15, 0.2) is 24.3 Å². The molecule has 55 heavy (non-hydrogen) atoms. The van der Waals surface area contributed by atoms with Crippen LogP contribution in [0.2, 0.25) is 0 Å². The smallest absolute Gasteiger partial charge is 0.306 e. The molecule has 0 spiro atoms. The number of carbonyl (C=O) groups excluding carboxylic acids is 3. The first-order valence-electron chi connectivity index (χ1n) is 23.8. The van der Waals surface area contributed by atoms with Gasteiger partial charge in [-0.2, -0.15) is 0 Å². The van der Waals surface area contributed by atoms with Crippen LogP contribution >= 0.6 is 0 Å². The van der Waals surface area contributed by atoms with Gasteiger partial charge >= 0.3 is 17.9 Å². The van der Waals surface area contributed by atoms with Gasteiger partial charge in [-0.25, -0.2) is 0 Å². The minimum absolute atomic E-state index is 0.0769. The van der Waals surface area contributed by atoms with E-state index in [0.29, 0.717) is 19.3 Å². The van der Waals surface area contributed by atoms with Crippen molar-refractivity contribution in [1.29, 1.82) is 0 Å². The molecule has 0 N–H and O–H groups in total. The third kappa shape index (κ3) is 42.9. The fraction of sp³-hybridized carbons (Fsp3) is 0.857. The van der Waals surface area contributed by atoms with Crippen LogP contribution in [0.5, 0.6) is 0 Å². The number of hydrogen-bond acceptors (Lipinski definition) is 6. The summed E-state index contributed by atoms with van der Waals surface area (Å²) in [6.07, 6.45) is 48.8. The standard InChI is InChI=1S/C49H90O6/c1-4-7-10-13-16-19-21-23-24-26-27-30-33-36-39-42-48(51)54-45-46(44-53-47(50)41-38-35-32-29-18-15-12-9-6-3)55-49(52)43-40-37-34-31-28-25-22-20-17-14-11-8-5-2/h9,12,18,29,46H,4-8,10-11,13-17,19-28,30-45H2,1-3H3/b12-9-,29-18-. The van der Waals surface area contributed by atoms with Crippen molar-refractivity contribution in [3.05, 3.63) is 24.3 Å². The van der Waals surface area contributed by atoms with E-state index in [4.69, 9.17) is 14.2 Å². The summed E-state index contributed by atoms with van der Waals surface area (Å²) >= 11 is 0. The van der Waals surface area contributed by atoms with Crippen LogP contribution in [0.25, 0.3) is 0 Å². The molecule has 0 amide bonds. The third-order valence-corrected chi connectivity index (χ3v) is 10.5. The average Bonchev–Trinajstić information content (AvgIpc) is 3.18. The van der Waals surface area contributed by atoms with Crippen LogP contribution in [-0.4, -0.2) is 37.2 Å². The van der Waals surface area contributed by atoms with Gasteiger partial charge in [0.2, 0.25) is 0 Å². The van der Waals surface area contributed by atoms with Crippen molar-refractivity contribution < 1.29 is 28.6 Å². The number of carbonyl (C=O) groups is 3. The predicted molar refractivity (Wildman–Crippen MR) is 233 cm³/mol. The monoisotopic (exact) mass is 775 g/mol. The molecule has 0 saturated heterocycles. The number of ether oxygens (including phenoxy) is 3. The van der Waals surface area contributed by atoms with Gasteiger partial charge < -0.3 is 14.2 Å². The van der Waals surface area contributed by atoms with E-state index in [1.54, 1.807) is 0 Å². The zero-order valence-electron chi connectivity index (χ0n) is 36.7. The van der Waals surface area contributed by atoms with E-state index in [1.165, 1.54) is 141 Å². The molecule has 0 heterocycles. The molecule has 0 bridgehead atoms. The summed E-state index contributed by atoms with van der Waals surface area (Å²) in [4.78, 5) is 37.7. The van der Waals surface area contributed by atoms with Crippen molar-refractivity contribution in [2.24, 2.45) is 0 Å². The van der Waals surface area contributed by atoms with Gasteiger partial charge in [-0.05, 0) is 44.9 Å². The van der Waals surface area contributed by atoms with Crippen LogP contribution in [0.4, 0.5) is 0 Å². The molecule has 6 nitrogen and oxygen atoms in total. The van der Waals surface area contributed by atoms with Crippen molar-refractivity contribution in [2.75, 3.05) is 13.2 Å². The lowest BCUT2D eigenvalue weighted by Crippen LogP contribution is -2.30. The van der Waals surface area contributed by atoms with Gasteiger partial charge in [-0.1, -0.05) is 212 Å². The van der Waals surface area contributed by atoms with Gasteiger partial charge in [0.1, 0.15) is 13.2 Å². The summed E-state index contributed by atoms with van der Waals surface area (Å²) in [7, 11) is 0. The molecule has 0 aromatic rings. The Bertz CT molecular complexity index is 896. The minimum Gasteiger partial charge on any atom is -0.462 e. The van der Waals surface area contributed by atoms with E-state index < -0.39 is 6.10 Å². The van der Waals surface area contributed by atoms with E-state index in [-0.39, 0.29) is 31.1 Å². The molecular formula is C49H90O6. The number of allylic oxidation sites excluding steroid dienone is 4. The molecule has 0 rings (SSSR count). The summed E-state index contributed by atoms with van der Waals surface area (Å²) < 4.78 is 16.7. The number of unbranched alkanes of at least 4 members (excludes halogenated alkanes) is 28. The fourth-order valence-corrected chi connectivity index (χ4v) is 6.89. The maximum absolute atomic E-state index is 12.7. The number of esters is 3. The van der Waals surface area contributed by atoms with E-state index in [9.17, 15) is 14.4 Å². The van der Waals surface area contributed by atoms with Gasteiger partial charge in [-0.15, -0.1) is 0 Å². The fourth-order valence-electron chi connectivity index (χ4n) is 6.89. The van der Waals surface area contributed by atoms with E-state index in [2.05, 4.69) is 45.1 Å². The second-order valence-corrected chi connectivity index (χ2v) is 16.0. The van der Waals surface area contributed by atoms with Crippen molar-refractivity contribution in [1.82, 2.24) is 0 Å². The first-order valence-corrected chi connectivity index (χ1v) is 23.8. The summed E-state index contributed by atoms with van der Waals surface area (Å²) in [5.74, 6) is -0.906. The Kier molecular flexibility index (Phi) is 42.9. The number of rotatable bonds is 43. The second kappa shape index (κ2) is 44.6. The molecular weight excluding hydrogens is 685 g/mol. The van der Waals surface area contributed by atoms with Crippen LogP contribution in [0.1, 0.15) is 252 Å². The highest BCUT2D eigenvalue weighted by Crippen LogP contribution is 2.16. The first-order chi connectivity index (χ1) is 27.0. The number of hydrogen-bond donors (Lipinski definition) is 0. The maximum Gasteiger partial charge on any atom is 0.306 e. The van der Waals surface area contributed by atoms with Crippen LogP contribution < -0.4 is 0 Å². The molecule has 1 atom stereocenters. The lowest BCUT2D eigenvalue weighted by Gasteiger charge is -2.18. The minimum atomic E-state index is -0.775. The Morgan fingerprint density at radius 3 is 1.09 bits per heavy atom. The van der Waals surface area contributed by atoms with Gasteiger partial charge in [0.15, 0.2) is 6.10 Å². The predicted octanol–water partition coefficient (Wildman–Crippen LogP) is 15.2. The Morgan fingerprint density at radius 2 is 0.709 bits per heavy atom. The molecule has 1 unspecified atom stereocenters. The third-order valence-electron chi connectivity index (χ3n) is 10.5. The summed E-state index contributed by atoms with van der Waals surface area (Å²) in [5, 5.41) is 0. The lowest BCUT2D eigenvalue weighted by atomic mass is 10.0. The Labute approximate surface area is 341 Å². The van der Waals surface area contributed by atoms with E-state index in [1.807, 2.05) is 0 Å². The molecule has 0 aliphatic carbocycles. The summed E-state index contributed by atoms with van der Waals surface area (Å²) in [6.45, 7) is 6.50. The highest BCUT2D eigenvalue weighted by molar-refractivity contribution is 5.71. The van der Waals surface area contributed by atoms with Gasteiger partial charge in [-0.3, -0.25) is 14.4 Å². The van der Waals surface area contributed by atoms with Gasteiger partial charge in [0.25, 0.3) is 0 Å². The zero-order valence-corrected chi connectivity index (χ0v) is 36.7. The summed E-state index contributed by atoms with van der Waals surface area (Å²) in [6, 6.07) is 0. The topological polar surface area (TPSA) is 78.9 Å². The Balaban J connectivity index is 4.32. The van der Waals surface area contributed by atoms with Crippen LogP contribution in [-0.2, 0) is 28.6 Å². The molecule has 0 saturated carbocycles. The van der Waals surface area contributed by atoms with Gasteiger partial charge in [0.05, 0.1) is 0 Å². The molecule has 0 aliphatic rings. The molecule has 0 aromatic carbocycles. The molecule has 322 valence electrons. The summed E-state index contributed by atoms with van der Waals surface area (Å²) in [5.41, 5.74) is 0. The second-order valence-electron chi connectivity index (χ2n) is 16.0. The molecule has 0 radical (unpaired) electrons. The quantitative estimate of drug-likeness (QED) is 0.0266. The van der Waals surface area contributed by atoms with E-state index in [0.717, 1.165) is 70.6 Å². The highest BCUT2D eigenvalue weighted by atomic mass is 16.6. The lowest BCUT2D eigenvalue weighted by molar-refractivity contribution is -0.167. The maximum atomic E-state index is 12.7. The van der Waals surface area contributed by atoms with Crippen molar-refractivity contribution in [3.63, 3.8) is 0 Å². The average molecular weight is 775 g/mol. The molecule has 6 heteroatoms. The Hall–Kier alpha value is -2.11. The van der Waals surface area contributed by atoms with Crippen molar-refractivity contribution in [3.8, 4) is 0 Å². The van der Waals surface area contributed by atoms with Crippen LogP contribution in [0.3, 0.4) is 0 Å². The van der Waals surface area contributed by atoms with E-state index >= 15 is 0 Å². The normalized spacial score (nSPS) is 12.1. The zero-order chi connectivity index (χ0) is 40.1. The molecule has 0 fully saturated rings.